The number of aryl methyl sites for hydroxylation is 2. The average molecular weight is 329 g/mol. The van der Waals surface area contributed by atoms with Crippen molar-refractivity contribution in [2.24, 2.45) is 7.05 Å². The molecule has 5 heteroatoms. The summed E-state index contributed by atoms with van der Waals surface area (Å²) in [6.45, 7) is 4.13. The SMILES string of the molecule is Cc1nn(C)cc1C(C)Nc1ccc(Br)c(Cl)c1. The van der Waals surface area contributed by atoms with E-state index in [1.54, 1.807) is 0 Å². The fourth-order valence-electron chi connectivity index (χ4n) is 1.96. The molecule has 0 bridgehead atoms. The predicted molar refractivity (Wildman–Crippen MR) is 79.1 cm³/mol. The summed E-state index contributed by atoms with van der Waals surface area (Å²) >= 11 is 9.46. The van der Waals surface area contributed by atoms with Crippen LogP contribution >= 0.6 is 27.5 Å². The first-order valence-corrected chi connectivity index (χ1v) is 6.86. The number of rotatable bonds is 3. The Kier molecular flexibility index (Phi) is 3.97. The van der Waals surface area contributed by atoms with Crippen LogP contribution in [0.4, 0.5) is 5.69 Å². The van der Waals surface area contributed by atoms with Crippen molar-refractivity contribution in [3.05, 3.63) is 45.1 Å². The lowest BCUT2D eigenvalue weighted by molar-refractivity contribution is 0.756. The third-order valence-corrected chi connectivity index (χ3v) is 4.05. The van der Waals surface area contributed by atoms with Gasteiger partial charge in [-0.1, -0.05) is 11.6 Å². The highest BCUT2D eigenvalue weighted by Crippen LogP contribution is 2.28. The van der Waals surface area contributed by atoms with E-state index in [4.69, 9.17) is 11.6 Å². The molecule has 0 aliphatic heterocycles. The summed E-state index contributed by atoms with van der Waals surface area (Å²) in [7, 11) is 1.93. The maximum Gasteiger partial charge on any atom is 0.0646 e. The molecule has 1 N–H and O–H groups in total. The van der Waals surface area contributed by atoms with Crippen LogP contribution in [-0.2, 0) is 7.05 Å². The number of aromatic nitrogens is 2. The van der Waals surface area contributed by atoms with Crippen LogP contribution in [0.1, 0.15) is 24.2 Å². The molecular formula is C13H15BrClN3. The van der Waals surface area contributed by atoms with Gasteiger partial charge in [0.05, 0.1) is 16.8 Å². The number of anilines is 1. The zero-order valence-electron chi connectivity index (χ0n) is 10.5. The van der Waals surface area contributed by atoms with Gasteiger partial charge < -0.3 is 5.32 Å². The summed E-state index contributed by atoms with van der Waals surface area (Å²) < 4.78 is 2.73. The van der Waals surface area contributed by atoms with Gasteiger partial charge in [-0.2, -0.15) is 5.10 Å². The van der Waals surface area contributed by atoms with Crippen molar-refractivity contribution < 1.29 is 0 Å². The Morgan fingerprint density at radius 3 is 2.72 bits per heavy atom. The molecule has 1 aromatic heterocycles. The van der Waals surface area contributed by atoms with Crippen molar-refractivity contribution in [3.63, 3.8) is 0 Å². The molecule has 1 heterocycles. The van der Waals surface area contributed by atoms with Gasteiger partial charge in [-0.3, -0.25) is 4.68 Å². The van der Waals surface area contributed by atoms with Crippen molar-refractivity contribution in [2.45, 2.75) is 19.9 Å². The molecule has 2 rings (SSSR count). The molecule has 1 unspecified atom stereocenters. The van der Waals surface area contributed by atoms with Crippen molar-refractivity contribution in [3.8, 4) is 0 Å². The smallest absolute Gasteiger partial charge is 0.0646 e. The molecule has 1 aromatic carbocycles. The number of nitrogens with zero attached hydrogens (tertiary/aromatic N) is 2. The van der Waals surface area contributed by atoms with Gasteiger partial charge >= 0.3 is 0 Å². The third kappa shape index (κ3) is 2.87. The largest absolute Gasteiger partial charge is 0.378 e. The number of hydrogen-bond donors (Lipinski definition) is 1. The summed E-state index contributed by atoms with van der Waals surface area (Å²) in [6, 6.07) is 6.04. The zero-order chi connectivity index (χ0) is 13.3. The van der Waals surface area contributed by atoms with Gasteiger partial charge in [0.1, 0.15) is 0 Å². The standard InChI is InChI=1S/C13H15BrClN3/c1-8(11-7-18(3)17-9(11)2)16-10-4-5-12(14)13(15)6-10/h4-8,16H,1-3H3. The lowest BCUT2D eigenvalue weighted by Crippen LogP contribution is -2.07. The Morgan fingerprint density at radius 2 is 2.17 bits per heavy atom. The molecule has 0 fully saturated rings. The minimum Gasteiger partial charge on any atom is -0.378 e. The highest BCUT2D eigenvalue weighted by molar-refractivity contribution is 9.10. The highest BCUT2D eigenvalue weighted by atomic mass is 79.9. The second-order valence-corrected chi connectivity index (χ2v) is 5.60. The van der Waals surface area contributed by atoms with Crippen LogP contribution in [0.25, 0.3) is 0 Å². The topological polar surface area (TPSA) is 29.9 Å². The number of halogens is 2. The van der Waals surface area contributed by atoms with Crippen LogP contribution in [0, 0.1) is 6.92 Å². The van der Waals surface area contributed by atoms with E-state index < -0.39 is 0 Å². The number of hydrogen-bond acceptors (Lipinski definition) is 2. The number of benzene rings is 1. The normalized spacial score (nSPS) is 12.5. The van der Waals surface area contributed by atoms with Gasteiger partial charge in [0.2, 0.25) is 0 Å². The van der Waals surface area contributed by atoms with E-state index in [2.05, 4.69) is 33.3 Å². The van der Waals surface area contributed by atoms with Crippen LogP contribution in [0.2, 0.25) is 5.02 Å². The van der Waals surface area contributed by atoms with Gasteiger partial charge in [-0.15, -0.1) is 0 Å². The van der Waals surface area contributed by atoms with Crippen molar-refractivity contribution in [2.75, 3.05) is 5.32 Å². The fraction of sp³-hybridized carbons (Fsp3) is 0.308. The summed E-state index contributed by atoms with van der Waals surface area (Å²) in [6.07, 6.45) is 2.04. The lowest BCUT2D eigenvalue weighted by Gasteiger charge is -2.15. The molecule has 96 valence electrons. The molecule has 2 aromatic rings. The second-order valence-electron chi connectivity index (χ2n) is 4.34. The van der Waals surface area contributed by atoms with Crippen LogP contribution in [0.15, 0.2) is 28.9 Å². The number of nitrogens with one attached hydrogen (secondary N) is 1. The van der Waals surface area contributed by atoms with E-state index in [0.717, 1.165) is 15.9 Å². The minimum atomic E-state index is 0.191. The monoisotopic (exact) mass is 327 g/mol. The Labute approximate surface area is 120 Å². The van der Waals surface area contributed by atoms with Crippen LogP contribution in [-0.4, -0.2) is 9.78 Å². The second kappa shape index (κ2) is 5.33. The summed E-state index contributed by atoms with van der Waals surface area (Å²) in [5.41, 5.74) is 3.23. The molecule has 0 saturated carbocycles. The molecule has 18 heavy (non-hydrogen) atoms. The van der Waals surface area contributed by atoms with Crippen molar-refractivity contribution >= 4 is 33.2 Å². The van der Waals surface area contributed by atoms with Crippen molar-refractivity contribution in [1.29, 1.82) is 0 Å². The molecule has 3 nitrogen and oxygen atoms in total. The zero-order valence-corrected chi connectivity index (χ0v) is 12.9. The Morgan fingerprint density at radius 1 is 1.44 bits per heavy atom. The summed E-state index contributed by atoms with van der Waals surface area (Å²) in [4.78, 5) is 0. The van der Waals surface area contributed by atoms with E-state index in [1.807, 2.05) is 43.0 Å². The average Bonchev–Trinajstić information content (AvgIpc) is 2.63. The lowest BCUT2D eigenvalue weighted by atomic mass is 10.1. The Bertz CT molecular complexity index is 565. The van der Waals surface area contributed by atoms with Crippen LogP contribution < -0.4 is 5.32 Å². The molecule has 0 spiro atoms. The van der Waals surface area contributed by atoms with E-state index >= 15 is 0 Å². The minimum absolute atomic E-state index is 0.191. The van der Waals surface area contributed by atoms with Gasteiger partial charge in [0.15, 0.2) is 0 Å². The summed E-state index contributed by atoms with van der Waals surface area (Å²) in [5, 5.41) is 8.47. The first kappa shape index (κ1) is 13.4. The van der Waals surface area contributed by atoms with Gasteiger partial charge in [0.25, 0.3) is 0 Å². The van der Waals surface area contributed by atoms with Crippen molar-refractivity contribution in [1.82, 2.24) is 9.78 Å². The first-order valence-electron chi connectivity index (χ1n) is 5.69. The maximum absolute atomic E-state index is 6.08. The Hall–Kier alpha value is -1.000. The summed E-state index contributed by atoms with van der Waals surface area (Å²) in [5.74, 6) is 0. The first-order chi connectivity index (χ1) is 8.47. The molecular weight excluding hydrogens is 314 g/mol. The molecule has 0 aliphatic carbocycles. The van der Waals surface area contributed by atoms with Crippen LogP contribution in [0.3, 0.4) is 0 Å². The predicted octanol–water partition coefficient (Wildman–Crippen LogP) is 4.32. The van der Waals surface area contributed by atoms with E-state index in [1.165, 1.54) is 5.56 Å². The van der Waals surface area contributed by atoms with Crippen LogP contribution in [0.5, 0.6) is 0 Å². The van der Waals surface area contributed by atoms with E-state index in [-0.39, 0.29) is 6.04 Å². The molecule has 1 atom stereocenters. The third-order valence-electron chi connectivity index (χ3n) is 2.82. The van der Waals surface area contributed by atoms with E-state index in [0.29, 0.717) is 5.02 Å². The Balaban J connectivity index is 2.18. The molecule has 0 amide bonds. The van der Waals surface area contributed by atoms with E-state index in [9.17, 15) is 0 Å². The van der Waals surface area contributed by atoms with Gasteiger partial charge in [-0.05, 0) is 48.0 Å². The quantitative estimate of drug-likeness (QED) is 0.909. The van der Waals surface area contributed by atoms with Gasteiger partial charge in [-0.25, -0.2) is 0 Å². The fourth-order valence-corrected chi connectivity index (χ4v) is 2.38. The van der Waals surface area contributed by atoms with Gasteiger partial charge in [0, 0.05) is 29.0 Å². The molecule has 0 saturated heterocycles. The molecule has 0 aliphatic rings. The maximum atomic E-state index is 6.08. The highest BCUT2D eigenvalue weighted by Gasteiger charge is 2.11. The molecule has 0 radical (unpaired) electrons.